The molecule has 0 fully saturated rings. The van der Waals surface area contributed by atoms with E-state index in [0.29, 0.717) is 30.2 Å². The number of benzene rings is 2. The van der Waals surface area contributed by atoms with Crippen molar-refractivity contribution in [3.05, 3.63) is 58.8 Å². The van der Waals surface area contributed by atoms with Gasteiger partial charge in [0, 0.05) is 41.7 Å². The van der Waals surface area contributed by atoms with Crippen LogP contribution in [-0.4, -0.2) is 49.6 Å². The van der Waals surface area contributed by atoms with Gasteiger partial charge < -0.3 is 24.1 Å². The molecule has 3 aromatic rings. The number of H-pyrrole nitrogens is 1. The molecule has 0 unspecified atom stereocenters. The lowest BCUT2D eigenvalue weighted by atomic mass is 10.0. The van der Waals surface area contributed by atoms with E-state index in [2.05, 4.69) is 4.98 Å². The molecule has 1 N–H and O–H groups in total. The number of aromatic nitrogens is 1. The summed E-state index contributed by atoms with van der Waals surface area (Å²) in [5.74, 6) is 0.919. The van der Waals surface area contributed by atoms with Gasteiger partial charge in [0.15, 0.2) is 11.5 Å². The highest BCUT2D eigenvalue weighted by molar-refractivity contribution is 5.96. The van der Waals surface area contributed by atoms with Gasteiger partial charge in [-0.1, -0.05) is 6.07 Å². The van der Waals surface area contributed by atoms with E-state index in [9.17, 15) is 9.59 Å². The number of carbonyl (C=O) groups is 2. The fourth-order valence-corrected chi connectivity index (χ4v) is 3.95. The normalized spacial score (nSPS) is 13.1. The van der Waals surface area contributed by atoms with Crippen molar-refractivity contribution in [2.45, 2.75) is 19.4 Å². The molecule has 7 nitrogen and oxygen atoms in total. The van der Waals surface area contributed by atoms with Crippen molar-refractivity contribution >= 4 is 22.8 Å². The molecule has 0 bridgehead atoms. The molecule has 1 aliphatic rings. The Labute approximate surface area is 174 Å². The number of nitrogens with zero attached hydrogens (tertiary/aromatic N) is 1. The number of fused-ring (bicyclic) bond motifs is 3. The summed E-state index contributed by atoms with van der Waals surface area (Å²) in [5, 5.41) is 0.955. The maximum atomic E-state index is 13.0. The van der Waals surface area contributed by atoms with Gasteiger partial charge in [-0.3, -0.25) is 4.79 Å². The molecule has 0 saturated heterocycles. The van der Waals surface area contributed by atoms with E-state index in [-0.39, 0.29) is 18.3 Å². The number of hydrogen-bond donors (Lipinski definition) is 1. The van der Waals surface area contributed by atoms with Crippen LogP contribution in [0, 0.1) is 0 Å². The smallest absolute Gasteiger partial charge is 0.337 e. The average Bonchev–Trinajstić information content (AvgIpc) is 3.15. The molecular formula is C23H24N2O5. The number of hydrogen-bond acceptors (Lipinski definition) is 5. The second kappa shape index (κ2) is 8.10. The quantitative estimate of drug-likeness (QED) is 0.656. The van der Waals surface area contributed by atoms with Gasteiger partial charge in [0.05, 0.1) is 33.3 Å². The molecule has 4 rings (SSSR count). The van der Waals surface area contributed by atoms with E-state index in [1.54, 1.807) is 20.3 Å². The number of nitrogens with one attached hydrogen (secondary N) is 1. The fraction of sp³-hybridized carbons (Fsp3) is 0.304. The lowest BCUT2D eigenvalue weighted by molar-refractivity contribution is -0.131. The average molecular weight is 408 g/mol. The summed E-state index contributed by atoms with van der Waals surface area (Å²) in [6, 6.07) is 11.0. The van der Waals surface area contributed by atoms with Crippen LogP contribution in [0.1, 0.15) is 27.2 Å². The van der Waals surface area contributed by atoms with Crippen LogP contribution < -0.4 is 9.47 Å². The Bertz CT molecular complexity index is 1120. The number of amides is 1. The highest BCUT2D eigenvalue weighted by atomic mass is 16.5. The summed E-state index contributed by atoms with van der Waals surface area (Å²) >= 11 is 0. The van der Waals surface area contributed by atoms with Crippen LogP contribution in [0.5, 0.6) is 11.5 Å². The molecule has 0 atom stereocenters. The van der Waals surface area contributed by atoms with Crippen molar-refractivity contribution in [3.63, 3.8) is 0 Å². The van der Waals surface area contributed by atoms with Crippen molar-refractivity contribution < 1.29 is 23.8 Å². The lowest BCUT2D eigenvalue weighted by Crippen LogP contribution is -2.36. The van der Waals surface area contributed by atoms with Crippen molar-refractivity contribution in [2.24, 2.45) is 0 Å². The van der Waals surface area contributed by atoms with Crippen LogP contribution in [0.4, 0.5) is 0 Å². The number of aromatic amines is 1. The van der Waals surface area contributed by atoms with Gasteiger partial charge in [-0.05, 0) is 35.9 Å². The van der Waals surface area contributed by atoms with Crippen LogP contribution >= 0.6 is 0 Å². The highest BCUT2D eigenvalue weighted by Gasteiger charge is 2.25. The number of rotatable bonds is 5. The predicted molar refractivity (Wildman–Crippen MR) is 112 cm³/mol. The minimum Gasteiger partial charge on any atom is -0.493 e. The number of ether oxygens (including phenoxy) is 3. The molecule has 156 valence electrons. The first kappa shape index (κ1) is 19.8. The van der Waals surface area contributed by atoms with E-state index in [1.165, 1.54) is 7.11 Å². The molecule has 0 aliphatic carbocycles. The van der Waals surface area contributed by atoms with Crippen LogP contribution in [0.2, 0.25) is 0 Å². The van der Waals surface area contributed by atoms with Crippen LogP contribution in [0.25, 0.3) is 10.9 Å². The first-order valence-corrected chi connectivity index (χ1v) is 9.74. The van der Waals surface area contributed by atoms with E-state index in [4.69, 9.17) is 14.2 Å². The highest BCUT2D eigenvalue weighted by Crippen LogP contribution is 2.30. The van der Waals surface area contributed by atoms with Gasteiger partial charge >= 0.3 is 5.97 Å². The van der Waals surface area contributed by atoms with Crippen LogP contribution in [-0.2, 0) is 28.9 Å². The zero-order valence-corrected chi connectivity index (χ0v) is 17.3. The third-order valence-corrected chi connectivity index (χ3v) is 5.55. The molecule has 30 heavy (non-hydrogen) atoms. The third-order valence-electron chi connectivity index (χ3n) is 5.55. The Morgan fingerprint density at radius 1 is 1.03 bits per heavy atom. The van der Waals surface area contributed by atoms with E-state index in [1.807, 2.05) is 35.2 Å². The maximum Gasteiger partial charge on any atom is 0.337 e. The Kier molecular flexibility index (Phi) is 5.35. The predicted octanol–water partition coefficient (Wildman–Crippen LogP) is 3.10. The second-order valence-corrected chi connectivity index (χ2v) is 7.27. The van der Waals surface area contributed by atoms with Gasteiger partial charge in [0.25, 0.3) is 0 Å². The van der Waals surface area contributed by atoms with Crippen molar-refractivity contribution in [1.82, 2.24) is 9.88 Å². The molecule has 2 aromatic carbocycles. The Hall–Kier alpha value is -3.48. The summed E-state index contributed by atoms with van der Waals surface area (Å²) in [6.07, 6.45) is 1.03. The van der Waals surface area contributed by atoms with Crippen molar-refractivity contribution in [2.75, 3.05) is 27.9 Å². The molecule has 2 heterocycles. The topological polar surface area (TPSA) is 80.9 Å². The fourth-order valence-electron chi connectivity index (χ4n) is 3.95. The third kappa shape index (κ3) is 3.58. The maximum absolute atomic E-state index is 13.0. The molecule has 1 aliphatic heterocycles. The van der Waals surface area contributed by atoms with Gasteiger partial charge in [0.1, 0.15) is 0 Å². The van der Waals surface area contributed by atoms with Crippen molar-refractivity contribution in [3.8, 4) is 11.5 Å². The summed E-state index contributed by atoms with van der Waals surface area (Å²) in [5.41, 5.74) is 4.50. The number of esters is 1. The van der Waals surface area contributed by atoms with Gasteiger partial charge in [-0.15, -0.1) is 0 Å². The van der Waals surface area contributed by atoms with Gasteiger partial charge in [0.2, 0.25) is 5.91 Å². The summed E-state index contributed by atoms with van der Waals surface area (Å²) in [7, 11) is 4.53. The first-order valence-electron chi connectivity index (χ1n) is 9.74. The zero-order valence-electron chi connectivity index (χ0n) is 17.3. The minimum atomic E-state index is -0.371. The van der Waals surface area contributed by atoms with E-state index in [0.717, 1.165) is 34.1 Å². The second-order valence-electron chi connectivity index (χ2n) is 7.27. The molecule has 1 aromatic heterocycles. The molecule has 7 heteroatoms. The van der Waals surface area contributed by atoms with Gasteiger partial charge in [-0.2, -0.15) is 0 Å². The molecule has 0 radical (unpaired) electrons. The van der Waals surface area contributed by atoms with E-state index < -0.39 is 0 Å². The molecule has 0 spiro atoms. The zero-order chi connectivity index (χ0) is 21.3. The van der Waals surface area contributed by atoms with E-state index >= 15 is 0 Å². The number of methoxy groups -OCH3 is 3. The monoisotopic (exact) mass is 408 g/mol. The summed E-state index contributed by atoms with van der Waals surface area (Å²) in [6.45, 7) is 1.15. The standard InChI is InChI=1S/C23H24N2O5/c1-28-20-7-4-14(10-21(20)29-2)11-22(26)25-9-8-19-17(13-25)16-12-15(23(27)30-3)5-6-18(16)24-19/h4-7,10,12,24H,8-9,11,13H2,1-3H3. The van der Waals surface area contributed by atoms with Crippen molar-refractivity contribution in [1.29, 1.82) is 0 Å². The van der Waals surface area contributed by atoms with Crippen LogP contribution in [0.15, 0.2) is 36.4 Å². The lowest BCUT2D eigenvalue weighted by Gasteiger charge is -2.27. The number of carbonyl (C=O) groups excluding carboxylic acids is 2. The molecule has 1 amide bonds. The van der Waals surface area contributed by atoms with Crippen LogP contribution in [0.3, 0.4) is 0 Å². The van der Waals surface area contributed by atoms with Gasteiger partial charge in [-0.25, -0.2) is 4.79 Å². The Morgan fingerprint density at radius 2 is 1.83 bits per heavy atom. The largest absolute Gasteiger partial charge is 0.493 e. The Morgan fingerprint density at radius 3 is 2.57 bits per heavy atom. The summed E-state index contributed by atoms with van der Waals surface area (Å²) in [4.78, 5) is 30.2. The SMILES string of the molecule is COC(=O)c1ccc2[nH]c3c(c2c1)CN(C(=O)Cc1ccc(OC)c(OC)c1)CC3. The summed E-state index contributed by atoms with van der Waals surface area (Å²) < 4.78 is 15.4. The molecular weight excluding hydrogens is 384 g/mol. The minimum absolute atomic E-state index is 0.0475. The molecule has 0 saturated carbocycles. The first-order chi connectivity index (χ1) is 14.5. The Balaban J connectivity index is 1.56.